The molecule has 2 atom stereocenters. The van der Waals surface area contributed by atoms with Crippen molar-refractivity contribution in [3.05, 3.63) is 23.8 Å². The van der Waals surface area contributed by atoms with Crippen molar-refractivity contribution >= 4 is 0 Å². The fourth-order valence-corrected chi connectivity index (χ4v) is 0.768. The molecule has 0 heterocycles. The number of hydrogen-bond donors (Lipinski definition) is 1. The van der Waals surface area contributed by atoms with Gasteiger partial charge in [-0.2, -0.15) is 5.26 Å². The van der Waals surface area contributed by atoms with Crippen LogP contribution in [0.5, 0.6) is 0 Å². The van der Waals surface area contributed by atoms with Gasteiger partial charge in [-0.3, -0.25) is 0 Å². The van der Waals surface area contributed by atoms with Crippen LogP contribution in [0.3, 0.4) is 0 Å². The van der Waals surface area contributed by atoms with E-state index in [0.29, 0.717) is 6.08 Å². The van der Waals surface area contributed by atoms with Crippen LogP contribution in [0.25, 0.3) is 0 Å². The molecule has 1 rings (SSSR count). The Morgan fingerprint density at radius 3 is 2.82 bits per heavy atom. The summed E-state index contributed by atoms with van der Waals surface area (Å²) in [6, 6.07) is 1.44. The van der Waals surface area contributed by atoms with Crippen LogP contribution in [0.2, 0.25) is 0 Å². The lowest BCUT2D eigenvalue weighted by Crippen LogP contribution is -2.35. The van der Waals surface area contributed by atoms with Gasteiger partial charge in [0.25, 0.3) is 5.85 Å². The Morgan fingerprint density at radius 2 is 2.36 bits per heavy atom. The molecule has 0 radical (unpaired) electrons. The van der Waals surface area contributed by atoms with E-state index in [9.17, 15) is 8.78 Å². The van der Waals surface area contributed by atoms with Gasteiger partial charge >= 0.3 is 0 Å². The normalized spacial score (nSPS) is 36.2. The lowest BCUT2D eigenvalue weighted by atomic mass is 10.00. The molecular weight excluding hydrogens is 152 g/mol. The van der Waals surface area contributed by atoms with Crippen molar-refractivity contribution in [2.24, 2.45) is 0 Å². The van der Waals surface area contributed by atoms with Crippen LogP contribution in [0.15, 0.2) is 23.8 Å². The maximum Gasteiger partial charge on any atom is 0.262 e. The van der Waals surface area contributed by atoms with Crippen molar-refractivity contribution in [3.63, 3.8) is 0 Å². The second kappa shape index (κ2) is 2.44. The van der Waals surface area contributed by atoms with Crippen molar-refractivity contribution < 1.29 is 13.9 Å². The molecule has 0 aliphatic heterocycles. The van der Waals surface area contributed by atoms with Gasteiger partial charge in [-0.1, -0.05) is 6.08 Å². The first-order valence-electron chi connectivity index (χ1n) is 2.93. The maximum atomic E-state index is 12.7. The predicted octanol–water partition coefficient (Wildman–Crippen LogP) is 1.00. The zero-order chi connectivity index (χ0) is 8.48. The zero-order valence-electron chi connectivity index (χ0n) is 5.46. The molecule has 1 aliphatic carbocycles. The van der Waals surface area contributed by atoms with E-state index >= 15 is 0 Å². The number of aliphatic hydroxyl groups is 1. The Labute approximate surface area is 62.1 Å². The second-order valence-corrected chi connectivity index (χ2v) is 2.18. The summed E-state index contributed by atoms with van der Waals surface area (Å²) < 4.78 is 25.3. The van der Waals surface area contributed by atoms with Crippen LogP contribution in [-0.4, -0.2) is 17.1 Å². The van der Waals surface area contributed by atoms with Gasteiger partial charge < -0.3 is 5.11 Å². The molecule has 11 heavy (non-hydrogen) atoms. The summed E-state index contributed by atoms with van der Waals surface area (Å²) in [4.78, 5) is 0. The molecule has 0 aromatic carbocycles. The van der Waals surface area contributed by atoms with E-state index in [2.05, 4.69) is 0 Å². The van der Waals surface area contributed by atoms with E-state index in [-0.39, 0.29) is 0 Å². The molecule has 0 fully saturated rings. The summed E-state index contributed by atoms with van der Waals surface area (Å²) in [7, 11) is 0. The third-order valence-electron chi connectivity index (χ3n) is 1.36. The molecule has 4 heteroatoms. The number of alkyl halides is 2. The molecular formula is C7H5F2NO. The first-order valence-corrected chi connectivity index (χ1v) is 2.93. The number of halogens is 2. The molecule has 0 aromatic rings. The van der Waals surface area contributed by atoms with Crippen molar-refractivity contribution in [1.82, 2.24) is 0 Å². The summed E-state index contributed by atoms with van der Waals surface area (Å²) in [6.45, 7) is 0. The first-order chi connectivity index (χ1) is 5.08. The third kappa shape index (κ3) is 1.28. The third-order valence-corrected chi connectivity index (χ3v) is 1.36. The molecule has 0 aromatic heterocycles. The van der Waals surface area contributed by atoms with Gasteiger partial charge in [-0.05, 0) is 12.2 Å². The maximum absolute atomic E-state index is 12.7. The summed E-state index contributed by atoms with van der Waals surface area (Å²) >= 11 is 0. The summed E-state index contributed by atoms with van der Waals surface area (Å²) in [5.74, 6) is -3.03. The Hall–Kier alpha value is -1.21. The molecule has 0 saturated carbocycles. The molecule has 1 aliphatic rings. The molecule has 2 nitrogen and oxygen atoms in total. The molecule has 0 bridgehead atoms. The highest BCUT2D eigenvalue weighted by Crippen LogP contribution is 2.27. The predicted molar refractivity (Wildman–Crippen MR) is 33.8 cm³/mol. The van der Waals surface area contributed by atoms with Crippen LogP contribution in [0.1, 0.15) is 0 Å². The van der Waals surface area contributed by atoms with Gasteiger partial charge in [0.1, 0.15) is 0 Å². The first kappa shape index (κ1) is 7.89. The Morgan fingerprint density at radius 1 is 1.73 bits per heavy atom. The van der Waals surface area contributed by atoms with E-state index in [1.54, 1.807) is 0 Å². The summed E-state index contributed by atoms with van der Waals surface area (Å²) in [6.07, 6.45) is 0.628. The quantitative estimate of drug-likeness (QED) is 0.570. The highest BCUT2D eigenvalue weighted by Gasteiger charge is 2.39. The summed E-state index contributed by atoms with van der Waals surface area (Å²) in [5, 5.41) is 16.8. The summed E-state index contributed by atoms with van der Waals surface area (Å²) in [5.41, 5.74) is -0.405. The highest BCUT2D eigenvalue weighted by molar-refractivity contribution is 5.36. The monoisotopic (exact) mass is 157 g/mol. The van der Waals surface area contributed by atoms with Crippen LogP contribution in [-0.2, 0) is 0 Å². The molecule has 0 saturated heterocycles. The lowest BCUT2D eigenvalue weighted by molar-refractivity contribution is -0.0889. The van der Waals surface area contributed by atoms with Gasteiger partial charge in [0, 0.05) is 0 Å². The minimum absolute atomic E-state index is 0.405. The molecule has 0 spiro atoms. The molecule has 0 amide bonds. The number of nitrogens with zero attached hydrogens (tertiary/aromatic N) is 1. The van der Waals surface area contributed by atoms with Gasteiger partial charge in [0.15, 0.2) is 6.17 Å². The van der Waals surface area contributed by atoms with Crippen molar-refractivity contribution in [3.8, 4) is 6.07 Å². The SMILES string of the molecule is N#CC1=CC=CC(O)(F)C1F. The minimum Gasteiger partial charge on any atom is -0.356 e. The van der Waals surface area contributed by atoms with Gasteiger partial charge in [0.2, 0.25) is 0 Å². The Balaban J connectivity index is 2.98. The fraction of sp³-hybridized carbons (Fsp3) is 0.286. The van der Waals surface area contributed by atoms with E-state index in [1.807, 2.05) is 0 Å². The molecule has 2 unspecified atom stereocenters. The van der Waals surface area contributed by atoms with E-state index in [1.165, 1.54) is 6.07 Å². The minimum atomic E-state index is -3.03. The number of nitriles is 1. The van der Waals surface area contributed by atoms with E-state index in [0.717, 1.165) is 12.2 Å². The van der Waals surface area contributed by atoms with Crippen LogP contribution >= 0.6 is 0 Å². The average Bonchev–Trinajstić information content (AvgIpc) is 1.95. The van der Waals surface area contributed by atoms with Crippen LogP contribution in [0, 0.1) is 11.3 Å². The Bertz CT molecular complexity index is 262. The van der Waals surface area contributed by atoms with Crippen LogP contribution < -0.4 is 0 Å². The highest BCUT2D eigenvalue weighted by atomic mass is 19.2. The average molecular weight is 157 g/mol. The second-order valence-electron chi connectivity index (χ2n) is 2.18. The smallest absolute Gasteiger partial charge is 0.262 e. The fourth-order valence-electron chi connectivity index (χ4n) is 0.768. The molecule has 1 N–H and O–H groups in total. The molecule has 58 valence electrons. The van der Waals surface area contributed by atoms with Crippen molar-refractivity contribution in [2.45, 2.75) is 12.0 Å². The van der Waals surface area contributed by atoms with E-state index < -0.39 is 17.6 Å². The lowest BCUT2D eigenvalue weighted by Gasteiger charge is -2.20. The van der Waals surface area contributed by atoms with Crippen molar-refractivity contribution in [1.29, 1.82) is 5.26 Å². The number of rotatable bonds is 0. The van der Waals surface area contributed by atoms with Crippen LogP contribution in [0.4, 0.5) is 8.78 Å². The number of allylic oxidation sites excluding steroid dienone is 2. The van der Waals surface area contributed by atoms with Crippen molar-refractivity contribution in [2.75, 3.05) is 0 Å². The Kier molecular flexibility index (Phi) is 1.75. The van der Waals surface area contributed by atoms with Gasteiger partial charge in [-0.15, -0.1) is 0 Å². The zero-order valence-corrected chi connectivity index (χ0v) is 5.46. The largest absolute Gasteiger partial charge is 0.356 e. The topological polar surface area (TPSA) is 44.0 Å². The standard InChI is InChI=1S/C7H5F2NO/c8-6-5(4-10)2-1-3-7(6,9)11/h1-3,6,11H. The van der Waals surface area contributed by atoms with E-state index in [4.69, 9.17) is 10.4 Å². The van der Waals surface area contributed by atoms with Gasteiger partial charge in [0.05, 0.1) is 11.6 Å². The number of hydrogen-bond acceptors (Lipinski definition) is 2. The van der Waals surface area contributed by atoms with Gasteiger partial charge in [-0.25, -0.2) is 8.78 Å².